The fourth-order valence-corrected chi connectivity index (χ4v) is 2.09. The highest BCUT2D eigenvalue weighted by molar-refractivity contribution is 5.49. The van der Waals surface area contributed by atoms with Crippen molar-refractivity contribution in [2.45, 2.75) is 18.6 Å². The number of rotatable bonds is 5. The molecule has 0 amide bonds. The Morgan fingerprint density at radius 2 is 2.00 bits per heavy atom. The first-order valence-corrected chi connectivity index (χ1v) is 5.95. The van der Waals surface area contributed by atoms with Gasteiger partial charge in [0, 0.05) is 25.9 Å². The molecule has 1 aromatic carbocycles. The van der Waals surface area contributed by atoms with Crippen molar-refractivity contribution in [3.8, 4) is 0 Å². The maximum absolute atomic E-state index is 12.6. The number of halogens is 1. The smallest absolute Gasteiger partial charge is 0.107 e. The van der Waals surface area contributed by atoms with Crippen LogP contribution in [0.15, 0.2) is 24.3 Å². The van der Waals surface area contributed by atoms with Crippen LogP contribution in [0.5, 0.6) is 0 Å². The molecular formula is C13H19FN2O. The normalized spacial score (nSPS) is 18.6. The molecule has 3 nitrogen and oxygen atoms in total. The average Bonchev–Trinajstić information content (AvgIpc) is 2.29. The SMILES string of the molecule is COC(c1ccc(N2CCC2)cc1)C(N)CF. The Morgan fingerprint density at radius 3 is 2.41 bits per heavy atom. The molecule has 1 aliphatic heterocycles. The van der Waals surface area contributed by atoms with Crippen LogP contribution < -0.4 is 10.6 Å². The highest BCUT2D eigenvalue weighted by atomic mass is 19.1. The third-order valence-corrected chi connectivity index (χ3v) is 3.26. The van der Waals surface area contributed by atoms with Crippen molar-refractivity contribution in [2.75, 3.05) is 31.8 Å². The first-order chi connectivity index (χ1) is 8.26. The van der Waals surface area contributed by atoms with Gasteiger partial charge in [-0.2, -0.15) is 0 Å². The summed E-state index contributed by atoms with van der Waals surface area (Å²) in [5.74, 6) is 0. The Bertz CT molecular complexity index is 351. The van der Waals surface area contributed by atoms with Gasteiger partial charge in [-0.3, -0.25) is 0 Å². The van der Waals surface area contributed by atoms with Crippen molar-refractivity contribution in [2.24, 2.45) is 5.73 Å². The van der Waals surface area contributed by atoms with Gasteiger partial charge >= 0.3 is 0 Å². The summed E-state index contributed by atoms with van der Waals surface area (Å²) in [6, 6.07) is 7.43. The summed E-state index contributed by atoms with van der Waals surface area (Å²) in [6.45, 7) is 1.67. The van der Waals surface area contributed by atoms with Crippen molar-refractivity contribution in [1.29, 1.82) is 0 Å². The van der Waals surface area contributed by atoms with Gasteiger partial charge in [0.2, 0.25) is 0 Å². The van der Waals surface area contributed by atoms with E-state index in [-0.39, 0.29) is 6.10 Å². The lowest BCUT2D eigenvalue weighted by molar-refractivity contribution is 0.0721. The second kappa shape index (κ2) is 5.47. The van der Waals surface area contributed by atoms with E-state index in [0.29, 0.717) is 0 Å². The lowest BCUT2D eigenvalue weighted by atomic mass is 10.0. The summed E-state index contributed by atoms with van der Waals surface area (Å²) in [6.07, 6.45) is 0.889. The van der Waals surface area contributed by atoms with Crippen molar-refractivity contribution < 1.29 is 9.13 Å². The highest BCUT2D eigenvalue weighted by Crippen LogP contribution is 2.25. The molecule has 4 heteroatoms. The number of ether oxygens (including phenoxy) is 1. The van der Waals surface area contributed by atoms with Crippen molar-refractivity contribution in [1.82, 2.24) is 0 Å². The lowest BCUT2D eigenvalue weighted by Gasteiger charge is -2.33. The first-order valence-electron chi connectivity index (χ1n) is 5.95. The summed E-state index contributed by atoms with van der Waals surface area (Å²) in [7, 11) is 1.56. The molecule has 1 fully saturated rings. The molecule has 94 valence electrons. The van der Waals surface area contributed by atoms with E-state index < -0.39 is 12.7 Å². The minimum atomic E-state index is -0.602. The lowest BCUT2D eigenvalue weighted by Crippen LogP contribution is -2.37. The highest BCUT2D eigenvalue weighted by Gasteiger charge is 2.20. The second-order valence-corrected chi connectivity index (χ2v) is 4.41. The maximum Gasteiger partial charge on any atom is 0.107 e. The van der Waals surface area contributed by atoms with Gasteiger partial charge in [0.1, 0.15) is 6.67 Å². The fourth-order valence-electron chi connectivity index (χ4n) is 2.09. The third-order valence-electron chi connectivity index (χ3n) is 3.26. The van der Waals surface area contributed by atoms with Crippen LogP contribution in [0.3, 0.4) is 0 Å². The molecule has 1 aliphatic rings. The van der Waals surface area contributed by atoms with Gasteiger partial charge < -0.3 is 15.4 Å². The van der Waals surface area contributed by atoms with Crippen molar-refractivity contribution in [3.05, 3.63) is 29.8 Å². The number of anilines is 1. The molecule has 2 unspecified atom stereocenters. The number of benzene rings is 1. The molecule has 1 heterocycles. The fraction of sp³-hybridized carbons (Fsp3) is 0.538. The zero-order chi connectivity index (χ0) is 12.3. The Morgan fingerprint density at radius 1 is 1.35 bits per heavy atom. The molecule has 0 radical (unpaired) electrons. The van der Waals surface area contributed by atoms with Gasteiger partial charge in [-0.1, -0.05) is 12.1 Å². The van der Waals surface area contributed by atoms with Crippen LogP contribution in [0.25, 0.3) is 0 Å². The number of methoxy groups -OCH3 is 1. The first kappa shape index (κ1) is 12.3. The predicted octanol–water partition coefficient (Wildman–Crippen LogP) is 1.88. The quantitative estimate of drug-likeness (QED) is 0.851. The summed E-state index contributed by atoms with van der Waals surface area (Å²) in [4.78, 5) is 2.31. The molecular weight excluding hydrogens is 219 g/mol. The van der Waals surface area contributed by atoms with Crippen molar-refractivity contribution >= 4 is 5.69 Å². The number of alkyl halides is 1. The zero-order valence-electron chi connectivity index (χ0n) is 10.1. The summed E-state index contributed by atoms with van der Waals surface area (Å²) in [5, 5.41) is 0. The van der Waals surface area contributed by atoms with E-state index >= 15 is 0 Å². The summed E-state index contributed by atoms with van der Waals surface area (Å²) < 4.78 is 17.8. The van der Waals surface area contributed by atoms with Crippen molar-refractivity contribution in [3.63, 3.8) is 0 Å². The standard InChI is InChI=1S/C13H19FN2O/c1-17-13(12(15)9-14)10-3-5-11(6-4-10)16-7-2-8-16/h3-6,12-13H,2,7-9,15H2,1H3. The maximum atomic E-state index is 12.6. The Labute approximate surface area is 101 Å². The Balaban J connectivity index is 2.09. The van der Waals surface area contributed by atoms with Crippen LogP contribution in [0.1, 0.15) is 18.1 Å². The summed E-state index contributed by atoms with van der Waals surface area (Å²) in [5.41, 5.74) is 7.83. The number of hydrogen-bond donors (Lipinski definition) is 1. The number of nitrogens with two attached hydrogens (primary N) is 1. The minimum Gasteiger partial charge on any atom is -0.375 e. The molecule has 0 aromatic heterocycles. The third kappa shape index (κ3) is 2.58. The van der Waals surface area contributed by atoms with E-state index in [4.69, 9.17) is 10.5 Å². The van der Waals surface area contributed by atoms with Crippen LogP contribution in [0.4, 0.5) is 10.1 Å². The molecule has 0 saturated carbocycles. The van der Waals surface area contributed by atoms with Crippen LogP contribution in [0, 0.1) is 0 Å². The molecule has 2 rings (SSSR count). The molecule has 0 spiro atoms. The Hall–Kier alpha value is -1.13. The molecule has 2 atom stereocenters. The minimum absolute atomic E-state index is 0.370. The van der Waals surface area contributed by atoms with Gasteiger partial charge in [-0.15, -0.1) is 0 Å². The van der Waals surface area contributed by atoms with E-state index in [0.717, 1.165) is 18.7 Å². The second-order valence-electron chi connectivity index (χ2n) is 4.41. The van der Waals surface area contributed by atoms with Gasteiger partial charge in [0.25, 0.3) is 0 Å². The molecule has 2 N–H and O–H groups in total. The molecule has 0 bridgehead atoms. The van der Waals surface area contributed by atoms with E-state index in [2.05, 4.69) is 4.90 Å². The predicted molar refractivity (Wildman–Crippen MR) is 67.0 cm³/mol. The molecule has 0 aliphatic carbocycles. The largest absolute Gasteiger partial charge is 0.375 e. The monoisotopic (exact) mass is 238 g/mol. The van der Waals surface area contributed by atoms with Gasteiger partial charge in [0.15, 0.2) is 0 Å². The molecule has 1 saturated heterocycles. The van der Waals surface area contributed by atoms with Crippen LogP contribution in [-0.2, 0) is 4.74 Å². The van der Waals surface area contributed by atoms with E-state index in [1.54, 1.807) is 7.11 Å². The number of nitrogens with zero attached hydrogens (tertiary/aromatic N) is 1. The Kier molecular flexibility index (Phi) is 3.97. The topological polar surface area (TPSA) is 38.5 Å². The molecule has 17 heavy (non-hydrogen) atoms. The van der Waals surface area contributed by atoms with E-state index in [1.807, 2.05) is 24.3 Å². The van der Waals surface area contributed by atoms with E-state index in [9.17, 15) is 4.39 Å². The van der Waals surface area contributed by atoms with Crippen LogP contribution in [-0.4, -0.2) is 32.9 Å². The zero-order valence-corrected chi connectivity index (χ0v) is 10.1. The van der Waals surface area contributed by atoms with Crippen LogP contribution in [0.2, 0.25) is 0 Å². The molecule has 1 aromatic rings. The van der Waals surface area contributed by atoms with Gasteiger partial charge in [-0.25, -0.2) is 4.39 Å². The van der Waals surface area contributed by atoms with Gasteiger partial charge in [0.05, 0.1) is 12.1 Å². The summed E-state index contributed by atoms with van der Waals surface area (Å²) >= 11 is 0. The van der Waals surface area contributed by atoms with Crippen LogP contribution >= 0.6 is 0 Å². The number of hydrogen-bond acceptors (Lipinski definition) is 3. The van der Waals surface area contributed by atoms with Gasteiger partial charge in [-0.05, 0) is 24.1 Å². The average molecular weight is 238 g/mol. The van der Waals surface area contributed by atoms with E-state index in [1.165, 1.54) is 12.1 Å².